The molecule has 1 aromatic carbocycles. The average molecular weight is 637 g/mol. The SMILES string of the molecule is COc1ncc(-c2cnc(N(C(=O)NCc3ccccc3)C3CCC(Nc4ncc(C#N)c(-c5[nH]ncc5Cl)n4)CC3)nc2)cn1. The lowest BCUT2D eigenvalue weighted by molar-refractivity contribution is 0.240. The monoisotopic (exact) mass is 636 g/mol. The van der Waals surface area contributed by atoms with Gasteiger partial charge in [-0.3, -0.25) is 10.00 Å². The van der Waals surface area contributed by atoms with Crippen LogP contribution in [0.5, 0.6) is 6.01 Å². The molecule has 0 aliphatic heterocycles. The summed E-state index contributed by atoms with van der Waals surface area (Å²) >= 11 is 6.24. The number of hydrogen-bond donors (Lipinski definition) is 3. The Hall–Kier alpha value is -5.68. The molecule has 5 aromatic rings. The summed E-state index contributed by atoms with van der Waals surface area (Å²) in [7, 11) is 1.50. The number of nitriles is 1. The molecule has 4 aromatic heterocycles. The molecule has 1 fully saturated rings. The Labute approximate surface area is 269 Å². The summed E-state index contributed by atoms with van der Waals surface area (Å²) in [6, 6.07) is 11.7. The van der Waals surface area contributed by atoms with Crippen LogP contribution in [0.4, 0.5) is 16.7 Å². The second-order valence-corrected chi connectivity index (χ2v) is 11.0. The first-order valence-electron chi connectivity index (χ1n) is 14.5. The predicted molar refractivity (Wildman–Crippen MR) is 170 cm³/mol. The summed E-state index contributed by atoms with van der Waals surface area (Å²) in [6.45, 7) is 0.368. The topological polar surface area (TPSA) is 183 Å². The van der Waals surface area contributed by atoms with Crippen LogP contribution >= 0.6 is 11.6 Å². The van der Waals surface area contributed by atoms with Gasteiger partial charge in [0.05, 0.1) is 30.1 Å². The minimum atomic E-state index is -0.280. The molecule has 232 valence electrons. The molecule has 0 atom stereocenters. The third-order valence-corrected chi connectivity index (χ3v) is 7.92. The molecule has 0 bridgehead atoms. The average Bonchev–Trinajstić information content (AvgIpc) is 3.54. The molecule has 2 amide bonds. The number of ether oxygens (including phenoxy) is 1. The number of aromatic nitrogens is 8. The van der Waals surface area contributed by atoms with Gasteiger partial charge in [-0.2, -0.15) is 10.4 Å². The number of halogens is 1. The van der Waals surface area contributed by atoms with Gasteiger partial charge in [0.2, 0.25) is 11.9 Å². The second-order valence-electron chi connectivity index (χ2n) is 10.6. The lowest BCUT2D eigenvalue weighted by atomic mass is 9.90. The second kappa shape index (κ2) is 14.0. The number of carbonyl (C=O) groups is 1. The number of hydrogen-bond acceptors (Lipinski definition) is 11. The number of anilines is 2. The summed E-state index contributed by atoms with van der Waals surface area (Å²) in [5.41, 5.74) is 3.53. The molecule has 6 rings (SSSR count). The minimum absolute atomic E-state index is 0.0434. The molecular weight excluding hydrogens is 608 g/mol. The minimum Gasteiger partial charge on any atom is -0.467 e. The number of methoxy groups -OCH3 is 1. The Morgan fingerprint density at radius 1 is 1.00 bits per heavy atom. The molecule has 1 aliphatic carbocycles. The van der Waals surface area contributed by atoms with Crippen molar-refractivity contribution in [1.29, 1.82) is 5.26 Å². The molecule has 0 spiro atoms. The van der Waals surface area contributed by atoms with Gasteiger partial charge >= 0.3 is 12.0 Å². The van der Waals surface area contributed by atoms with Crippen molar-refractivity contribution in [2.75, 3.05) is 17.3 Å². The summed E-state index contributed by atoms with van der Waals surface area (Å²) in [4.78, 5) is 41.7. The Morgan fingerprint density at radius 2 is 1.70 bits per heavy atom. The van der Waals surface area contributed by atoms with Crippen LogP contribution < -0.4 is 20.3 Å². The highest BCUT2D eigenvalue weighted by Crippen LogP contribution is 2.30. The van der Waals surface area contributed by atoms with Gasteiger partial charge in [0.1, 0.15) is 17.5 Å². The molecule has 14 nitrogen and oxygen atoms in total. The Kier molecular flexibility index (Phi) is 9.21. The normalized spacial score (nSPS) is 15.8. The van der Waals surface area contributed by atoms with Crippen molar-refractivity contribution in [2.45, 2.75) is 44.3 Å². The number of benzene rings is 1. The van der Waals surface area contributed by atoms with Gasteiger partial charge in [0, 0.05) is 54.5 Å². The van der Waals surface area contributed by atoms with Crippen LogP contribution in [0, 0.1) is 11.3 Å². The molecule has 0 radical (unpaired) electrons. The maximum Gasteiger partial charge on any atom is 0.324 e. The molecule has 4 heterocycles. The molecular formula is C31H29ClN12O2. The van der Waals surface area contributed by atoms with Crippen molar-refractivity contribution in [3.05, 3.63) is 83.7 Å². The van der Waals surface area contributed by atoms with Crippen molar-refractivity contribution in [3.8, 4) is 34.6 Å². The molecule has 46 heavy (non-hydrogen) atoms. The van der Waals surface area contributed by atoms with E-state index in [0.717, 1.165) is 24.0 Å². The van der Waals surface area contributed by atoms with E-state index in [1.165, 1.54) is 19.5 Å². The van der Waals surface area contributed by atoms with E-state index in [4.69, 9.17) is 16.3 Å². The lowest BCUT2D eigenvalue weighted by Gasteiger charge is -2.35. The number of urea groups is 1. The van der Waals surface area contributed by atoms with Gasteiger partial charge < -0.3 is 15.4 Å². The highest BCUT2D eigenvalue weighted by Gasteiger charge is 2.32. The zero-order chi connectivity index (χ0) is 31.9. The molecule has 0 saturated heterocycles. The van der Waals surface area contributed by atoms with Crippen LogP contribution in [0.15, 0.2) is 67.5 Å². The number of nitrogens with one attached hydrogen (secondary N) is 3. The van der Waals surface area contributed by atoms with E-state index in [-0.39, 0.29) is 29.7 Å². The van der Waals surface area contributed by atoms with E-state index in [1.54, 1.807) is 29.7 Å². The molecule has 0 unspecified atom stereocenters. The van der Waals surface area contributed by atoms with Crippen molar-refractivity contribution < 1.29 is 9.53 Å². The zero-order valence-electron chi connectivity index (χ0n) is 24.8. The van der Waals surface area contributed by atoms with Crippen molar-refractivity contribution in [3.63, 3.8) is 0 Å². The van der Waals surface area contributed by atoms with Gasteiger partial charge in [0.15, 0.2) is 0 Å². The van der Waals surface area contributed by atoms with Crippen LogP contribution in [0.3, 0.4) is 0 Å². The quantitative estimate of drug-likeness (QED) is 0.202. The highest BCUT2D eigenvalue weighted by atomic mass is 35.5. The van der Waals surface area contributed by atoms with Crippen molar-refractivity contribution >= 4 is 29.5 Å². The number of H-pyrrole nitrogens is 1. The first-order valence-corrected chi connectivity index (χ1v) is 14.9. The first-order chi connectivity index (χ1) is 22.5. The van der Waals surface area contributed by atoms with E-state index in [2.05, 4.69) is 56.8 Å². The third kappa shape index (κ3) is 6.84. The fourth-order valence-electron chi connectivity index (χ4n) is 5.27. The Morgan fingerprint density at radius 3 is 2.33 bits per heavy atom. The van der Waals surface area contributed by atoms with Gasteiger partial charge in [-0.25, -0.2) is 34.7 Å². The van der Waals surface area contributed by atoms with Crippen LogP contribution in [0.2, 0.25) is 5.02 Å². The largest absolute Gasteiger partial charge is 0.467 e. The van der Waals surface area contributed by atoms with Gasteiger partial charge in [-0.05, 0) is 31.2 Å². The van der Waals surface area contributed by atoms with Crippen molar-refractivity contribution in [2.24, 2.45) is 0 Å². The summed E-state index contributed by atoms with van der Waals surface area (Å²) in [5, 5.41) is 23.1. The van der Waals surface area contributed by atoms with E-state index in [0.29, 0.717) is 53.3 Å². The number of aromatic amines is 1. The maximum atomic E-state index is 13.7. The number of carbonyl (C=O) groups excluding carboxylic acids is 1. The summed E-state index contributed by atoms with van der Waals surface area (Å²) in [6.07, 6.45) is 12.3. The smallest absolute Gasteiger partial charge is 0.324 e. The van der Waals surface area contributed by atoms with Crippen LogP contribution in [0.25, 0.3) is 22.5 Å². The van der Waals surface area contributed by atoms with E-state index >= 15 is 0 Å². The van der Waals surface area contributed by atoms with Gasteiger partial charge in [0.25, 0.3) is 0 Å². The molecule has 15 heteroatoms. The van der Waals surface area contributed by atoms with Crippen LogP contribution in [-0.2, 0) is 6.54 Å². The molecule has 1 aliphatic rings. The zero-order valence-corrected chi connectivity index (χ0v) is 25.5. The molecule has 3 N–H and O–H groups in total. The van der Waals surface area contributed by atoms with Crippen LogP contribution in [0.1, 0.15) is 36.8 Å². The maximum absolute atomic E-state index is 13.7. The van der Waals surface area contributed by atoms with E-state index < -0.39 is 0 Å². The van der Waals surface area contributed by atoms with Gasteiger partial charge in [-0.1, -0.05) is 41.9 Å². The van der Waals surface area contributed by atoms with E-state index in [9.17, 15) is 10.1 Å². The number of amides is 2. The highest BCUT2D eigenvalue weighted by molar-refractivity contribution is 6.32. The van der Waals surface area contributed by atoms with E-state index in [1.807, 2.05) is 30.3 Å². The van der Waals surface area contributed by atoms with Crippen molar-refractivity contribution in [1.82, 2.24) is 45.4 Å². The Balaban J connectivity index is 1.17. The standard InChI is InChI=1S/C31H29ClN12O2/c1-46-30-37-16-22(17-38-30)21-14-35-29(36-15-21)44(31(45)39-12-19-5-3-2-4-6-19)24-9-7-23(8-10-24)41-28-34-13-20(11-33)26(42-28)27-25(32)18-40-43-27/h2-6,13-18,23-24H,7-10,12H2,1H3,(H,39,45)(H,40,43)(H,34,41,42). The predicted octanol–water partition coefficient (Wildman–Crippen LogP) is 4.79. The number of nitrogens with zero attached hydrogens (tertiary/aromatic N) is 9. The molecule has 1 saturated carbocycles. The fourth-order valence-corrected chi connectivity index (χ4v) is 5.45. The number of rotatable bonds is 9. The summed E-state index contributed by atoms with van der Waals surface area (Å²) < 4.78 is 5.04. The lowest BCUT2D eigenvalue weighted by Crippen LogP contribution is -2.49. The first kappa shape index (κ1) is 30.4. The summed E-state index contributed by atoms with van der Waals surface area (Å²) in [5.74, 6) is 0.679. The fraction of sp³-hybridized carbons (Fsp3) is 0.258. The van der Waals surface area contributed by atoms with Gasteiger partial charge in [-0.15, -0.1) is 0 Å². The third-order valence-electron chi connectivity index (χ3n) is 7.64. The van der Waals surface area contributed by atoms with Crippen LogP contribution in [-0.4, -0.2) is 65.3 Å². The Bertz CT molecular complexity index is 1820.